The Kier molecular flexibility index (Phi) is 5.30. The van der Waals surface area contributed by atoms with E-state index in [1.807, 2.05) is 84.9 Å². The molecule has 0 aliphatic carbocycles. The zero-order valence-corrected chi connectivity index (χ0v) is 16.1. The summed E-state index contributed by atoms with van der Waals surface area (Å²) in [5.74, 6) is 0. The molecule has 0 saturated heterocycles. The van der Waals surface area contributed by atoms with Gasteiger partial charge in [-0.3, -0.25) is 0 Å². The Morgan fingerprint density at radius 2 is 0.793 bits per heavy atom. The van der Waals surface area contributed by atoms with Crippen LogP contribution in [-0.4, -0.2) is 0 Å². The van der Waals surface area contributed by atoms with Gasteiger partial charge >= 0.3 is 0 Å². The summed E-state index contributed by atoms with van der Waals surface area (Å²) in [4.78, 5) is 0. The fourth-order valence-electron chi connectivity index (χ4n) is 4.00. The summed E-state index contributed by atoms with van der Waals surface area (Å²) in [6, 6.07) is 36.6. The van der Waals surface area contributed by atoms with Crippen LogP contribution in [0.4, 0.5) is 0 Å². The standard InChI is InChI=1S/C27H22O2/c28-26(23-15-7-2-8-16-23,21-22-13-5-1-6-14-22)27(29,24-17-9-3-10-18-24)25-19-11-4-12-20-25/h1-20H,21H2. The average Bonchev–Trinajstić information content (AvgIpc) is 2.81. The molecule has 1 atom stereocenters. The van der Waals surface area contributed by atoms with Gasteiger partial charge in [0.05, 0.1) is 0 Å². The number of rotatable bonds is 6. The Morgan fingerprint density at radius 3 is 1.21 bits per heavy atom. The Hall–Kier alpha value is -3.20. The predicted octanol–water partition coefficient (Wildman–Crippen LogP) is 5.93. The molecule has 0 aliphatic heterocycles. The quantitative estimate of drug-likeness (QED) is 0.399. The van der Waals surface area contributed by atoms with Crippen LogP contribution in [0.5, 0.6) is 0 Å². The first-order valence-electron chi connectivity index (χ1n) is 9.76. The first-order chi connectivity index (χ1) is 14.1. The summed E-state index contributed by atoms with van der Waals surface area (Å²) in [5.41, 5.74) is -1.67. The number of hydrogen-bond donors (Lipinski definition) is 0. The second kappa shape index (κ2) is 8.04. The van der Waals surface area contributed by atoms with Crippen molar-refractivity contribution in [2.75, 3.05) is 0 Å². The minimum absolute atomic E-state index is 0.0884. The molecular formula is C27H22O2. The van der Waals surface area contributed by atoms with Crippen molar-refractivity contribution >= 4 is 0 Å². The fourth-order valence-corrected chi connectivity index (χ4v) is 4.00. The van der Waals surface area contributed by atoms with Crippen molar-refractivity contribution in [1.29, 1.82) is 0 Å². The zero-order valence-electron chi connectivity index (χ0n) is 16.1. The van der Waals surface area contributed by atoms with Gasteiger partial charge in [0.25, 0.3) is 0 Å². The van der Waals surface area contributed by atoms with Gasteiger partial charge in [0, 0.05) is 6.42 Å². The highest BCUT2D eigenvalue weighted by atomic mass is 16.4. The van der Waals surface area contributed by atoms with Crippen LogP contribution in [0.2, 0.25) is 0 Å². The van der Waals surface area contributed by atoms with E-state index in [4.69, 9.17) is 0 Å². The molecule has 4 rings (SSSR count). The highest BCUT2D eigenvalue weighted by Gasteiger charge is 2.56. The van der Waals surface area contributed by atoms with Gasteiger partial charge in [-0.15, -0.1) is 0 Å². The minimum atomic E-state index is -2.01. The Balaban J connectivity index is 1.99. The molecule has 0 heterocycles. The molecule has 0 bridgehead atoms. The maximum absolute atomic E-state index is 14.8. The van der Waals surface area contributed by atoms with Crippen LogP contribution in [0.3, 0.4) is 0 Å². The van der Waals surface area contributed by atoms with E-state index in [1.54, 1.807) is 36.4 Å². The molecule has 0 spiro atoms. The molecule has 142 valence electrons. The van der Waals surface area contributed by atoms with Crippen molar-refractivity contribution < 1.29 is 10.2 Å². The highest BCUT2D eigenvalue weighted by molar-refractivity contribution is 5.44. The van der Waals surface area contributed by atoms with E-state index in [0.717, 1.165) is 5.56 Å². The summed E-state index contributed by atoms with van der Waals surface area (Å²) in [7, 11) is 0. The number of benzene rings is 4. The third kappa shape index (κ3) is 3.49. The highest BCUT2D eigenvalue weighted by Crippen LogP contribution is 2.48. The molecule has 2 radical (unpaired) electrons. The second-order valence-electron chi connectivity index (χ2n) is 7.27. The zero-order chi connectivity index (χ0) is 20.2. The van der Waals surface area contributed by atoms with Crippen molar-refractivity contribution in [2.24, 2.45) is 0 Å². The first kappa shape index (κ1) is 19.1. The largest absolute Gasteiger partial charge is 0.220 e. The summed E-state index contributed by atoms with van der Waals surface area (Å²) >= 11 is 0. The topological polar surface area (TPSA) is 39.8 Å². The summed E-state index contributed by atoms with van der Waals surface area (Å²) in [5, 5.41) is 29.6. The summed E-state index contributed by atoms with van der Waals surface area (Å²) in [6.07, 6.45) is 0.0884. The van der Waals surface area contributed by atoms with Gasteiger partial charge in [-0.05, 0) is 22.3 Å². The van der Waals surface area contributed by atoms with Crippen LogP contribution < -0.4 is 0 Å². The van der Waals surface area contributed by atoms with Gasteiger partial charge in [-0.2, -0.15) is 0 Å². The molecule has 0 aliphatic rings. The van der Waals surface area contributed by atoms with Crippen molar-refractivity contribution in [3.63, 3.8) is 0 Å². The van der Waals surface area contributed by atoms with Crippen LogP contribution in [0.15, 0.2) is 121 Å². The van der Waals surface area contributed by atoms with Crippen molar-refractivity contribution in [1.82, 2.24) is 0 Å². The second-order valence-corrected chi connectivity index (χ2v) is 7.27. The molecule has 2 nitrogen and oxygen atoms in total. The van der Waals surface area contributed by atoms with Crippen LogP contribution in [0, 0.1) is 0 Å². The van der Waals surface area contributed by atoms with Gasteiger partial charge in [-0.25, -0.2) is 10.2 Å². The Labute approximate surface area is 171 Å². The number of hydrogen-bond acceptors (Lipinski definition) is 0. The SMILES string of the molecule is [O]C(Cc1ccccc1)(c1ccccc1)C([O])(c1ccccc1)c1ccccc1. The van der Waals surface area contributed by atoms with Gasteiger partial charge in [0.2, 0.25) is 0 Å². The van der Waals surface area contributed by atoms with Crippen molar-refractivity contribution in [3.8, 4) is 0 Å². The molecule has 0 aromatic heterocycles. The first-order valence-corrected chi connectivity index (χ1v) is 9.76. The van der Waals surface area contributed by atoms with E-state index >= 15 is 0 Å². The molecular weight excluding hydrogens is 356 g/mol. The van der Waals surface area contributed by atoms with Crippen LogP contribution >= 0.6 is 0 Å². The lowest BCUT2D eigenvalue weighted by atomic mass is 9.67. The molecule has 4 aromatic rings. The molecule has 2 heteroatoms. The maximum atomic E-state index is 14.8. The fraction of sp³-hybridized carbons (Fsp3) is 0.111. The molecule has 1 unspecified atom stereocenters. The van der Waals surface area contributed by atoms with Crippen LogP contribution in [0.1, 0.15) is 22.3 Å². The van der Waals surface area contributed by atoms with Crippen molar-refractivity contribution in [2.45, 2.75) is 17.6 Å². The Morgan fingerprint density at radius 1 is 0.448 bits per heavy atom. The molecule has 4 aromatic carbocycles. The maximum Gasteiger partial charge on any atom is 0.190 e. The lowest BCUT2D eigenvalue weighted by molar-refractivity contribution is -0.206. The lowest BCUT2D eigenvalue weighted by Crippen LogP contribution is -2.50. The van der Waals surface area contributed by atoms with E-state index in [-0.39, 0.29) is 6.42 Å². The molecule has 0 fully saturated rings. The minimum Gasteiger partial charge on any atom is -0.220 e. The van der Waals surface area contributed by atoms with Gasteiger partial charge in [0.1, 0.15) is 0 Å². The van der Waals surface area contributed by atoms with E-state index in [1.165, 1.54) is 0 Å². The smallest absolute Gasteiger partial charge is 0.190 e. The van der Waals surface area contributed by atoms with Gasteiger partial charge in [-0.1, -0.05) is 121 Å². The Bertz CT molecular complexity index is 991. The average molecular weight is 378 g/mol. The van der Waals surface area contributed by atoms with Crippen LogP contribution in [0.25, 0.3) is 0 Å². The third-order valence-corrected chi connectivity index (χ3v) is 5.47. The monoisotopic (exact) mass is 378 g/mol. The normalized spacial score (nSPS) is 13.6. The predicted molar refractivity (Wildman–Crippen MR) is 113 cm³/mol. The molecule has 0 N–H and O–H groups in total. The molecule has 29 heavy (non-hydrogen) atoms. The van der Waals surface area contributed by atoms with E-state index < -0.39 is 11.2 Å². The van der Waals surface area contributed by atoms with Crippen LogP contribution in [-0.2, 0) is 27.8 Å². The van der Waals surface area contributed by atoms with E-state index in [9.17, 15) is 10.2 Å². The van der Waals surface area contributed by atoms with Gasteiger partial charge in [0.15, 0.2) is 11.2 Å². The summed E-state index contributed by atoms with van der Waals surface area (Å²) in [6.45, 7) is 0. The molecule has 0 saturated carbocycles. The lowest BCUT2D eigenvalue weighted by Gasteiger charge is -2.41. The third-order valence-electron chi connectivity index (χ3n) is 5.47. The van der Waals surface area contributed by atoms with Crippen molar-refractivity contribution in [3.05, 3.63) is 144 Å². The summed E-state index contributed by atoms with van der Waals surface area (Å²) < 4.78 is 0. The van der Waals surface area contributed by atoms with Gasteiger partial charge < -0.3 is 0 Å². The molecule has 0 amide bonds. The van der Waals surface area contributed by atoms with E-state index in [0.29, 0.717) is 16.7 Å². The van der Waals surface area contributed by atoms with E-state index in [2.05, 4.69) is 0 Å².